The smallest absolute Gasteiger partial charge is 0.337 e. The van der Waals surface area contributed by atoms with E-state index in [9.17, 15) is 14.4 Å². The van der Waals surface area contributed by atoms with Crippen molar-refractivity contribution < 1.29 is 19.1 Å². The molecule has 1 aromatic heterocycles. The van der Waals surface area contributed by atoms with Crippen molar-refractivity contribution in [3.63, 3.8) is 0 Å². The molecule has 0 aliphatic carbocycles. The van der Waals surface area contributed by atoms with E-state index in [1.165, 1.54) is 18.9 Å². The van der Waals surface area contributed by atoms with Crippen LogP contribution in [-0.2, 0) is 14.3 Å². The van der Waals surface area contributed by atoms with Gasteiger partial charge >= 0.3 is 11.9 Å². The molecule has 1 aliphatic rings. The molecule has 0 bridgehead atoms. The highest BCUT2D eigenvalue weighted by Gasteiger charge is 2.36. The number of H-pyrrole nitrogens is 1. The van der Waals surface area contributed by atoms with E-state index in [1.54, 1.807) is 38.1 Å². The van der Waals surface area contributed by atoms with Gasteiger partial charge in [-0.25, -0.2) is 14.6 Å². The number of thioether (sulfide) groups is 1. The Balaban J connectivity index is 2.16. The SMILES string of the molecule is CCCSc1nc2c(c(=O)[nH]1)[C@@H](c1ccc(C(=O)OC)cc1)C(C(=O)OCC)=C(C)N2. The molecule has 0 amide bonds. The van der Waals surface area contributed by atoms with Crippen LogP contribution in [0.4, 0.5) is 5.82 Å². The lowest BCUT2D eigenvalue weighted by Gasteiger charge is -2.28. The molecule has 0 saturated heterocycles. The lowest BCUT2D eigenvalue weighted by molar-refractivity contribution is -0.138. The van der Waals surface area contributed by atoms with Crippen molar-refractivity contribution >= 4 is 29.5 Å². The number of hydrogen-bond donors (Lipinski definition) is 2. The minimum Gasteiger partial charge on any atom is -0.465 e. The van der Waals surface area contributed by atoms with Crippen molar-refractivity contribution in [3.8, 4) is 0 Å². The lowest BCUT2D eigenvalue weighted by Crippen LogP contribution is -2.31. The van der Waals surface area contributed by atoms with Crippen LogP contribution in [0.2, 0.25) is 0 Å². The average molecular weight is 444 g/mol. The van der Waals surface area contributed by atoms with E-state index in [2.05, 4.69) is 15.3 Å². The van der Waals surface area contributed by atoms with Crippen LogP contribution in [0.25, 0.3) is 0 Å². The zero-order chi connectivity index (χ0) is 22.5. The standard InChI is InChI=1S/C22H25N3O5S/c1-5-11-31-22-24-18-17(19(26)25-22)16(15(12(3)23-18)21(28)30-6-2)13-7-9-14(10-8-13)20(27)29-4/h7-10,16H,5-6,11H2,1-4H3,(H2,23,24,25,26)/t16-/m0/s1. The zero-order valence-corrected chi connectivity index (χ0v) is 18.7. The van der Waals surface area contributed by atoms with Crippen LogP contribution in [0.1, 0.15) is 54.6 Å². The van der Waals surface area contributed by atoms with Crippen molar-refractivity contribution in [1.82, 2.24) is 9.97 Å². The summed E-state index contributed by atoms with van der Waals surface area (Å²) in [5, 5.41) is 3.62. The number of benzene rings is 1. The first-order chi connectivity index (χ1) is 14.9. The van der Waals surface area contributed by atoms with Crippen molar-refractivity contribution in [2.75, 3.05) is 24.8 Å². The Morgan fingerprint density at radius 3 is 2.48 bits per heavy atom. The number of carbonyl (C=O) groups excluding carboxylic acids is 2. The van der Waals surface area contributed by atoms with E-state index in [4.69, 9.17) is 9.47 Å². The molecule has 0 spiro atoms. The van der Waals surface area contributed by atoms with E-state index in [0.29, 0.717) is 38.9 Å². The fourth-order valence-corrected chi connectivity index (χ4v) is 4.16. The largest absolute Gasteiger partial charge is 0.465 e. The van der Waals surface area contributed by atoms with Crippen molar-refractivity contribution in [1.29, 1.82) is 0 Å². The fraction of sp³-hybridized carbons (Fsp3) is 0.364. The van der Waals surface area contributed by atoms with Gasteiger partial charge in [-0.15, -0.1) is 0 Å². The third-order valence-electron chi connectivity index (χ3n) is 4.82. The number of hydrogen-bond acceptors (Lipinski definition) is 8. The molecule has 8 nitrogen and oxygen atoms in total. The number of anilines is 1. The van der Waals surface area contributed by atoms with Gasteiger partial charge < -0.3 is 19.8 Å². The zero-order valence-electron chi connectivity index (χ0n) is 17.9. The van der Waals surface area contributed by atoms with Crippen LogP contribution >= 0.6 is 11.8 Å². The molecule has 0 unspecified atom stereocenters. The van der Waals surface area contributed by atoms with Crippen LogP contribution in [0.5, 0.6) is 0 Å². The normalized spacial score (nSPS) is 15.2. The predicted octanol–water partition coefficient (Wildman–Crippen LogP) is 3.45. The maximum absolute atomic E-state index is 13.1. The van der Waals surface area contributed by atoms with E-state index >= 15 is 0 Å². The number of allylic oxidation sites excluding steroid dienone is 1. The summed E-state index contributed by atoms with van der Waals surface area (Å²) in [4.78, 5) is 45.1. The van der Waals surface area contributed by atoms with Gasteiger partial charge in [-0.2, -0.15) is 0 Å². The Morgan fingerprint density at radius 2 is 1.87 bits per heavy atom. The van der Waals surface area contributed by atoms with Crippen molar-refractivity contribution in [3.05, 3.63) is 62.6 Å². The van der Waals surface area contributed by atoms with Crippen LogP contribution < -0.4 is 10.9 Å². The molecule has 31 heavy (non-hydrogen) atoms. The lowest BCUT2D eigenvalue weighted by atomic mass is 9.82. The van der Waals surface area contributed by atoms with Crippen LogP contribution in [-0.4, -0.2) is 41.4 Å². The van der Waals surface area contributed by atoms with Gasteiger partial charge in [0.15, 0.2) is 5.16 Å². The van der Waals surface area contributed by atoms with Crippen molar-refractivity contribution in [2.24, 2.45) is 0 Å². The second-order valence-corrected chi connectivity index (χ2v) is 8.00. The van der Waals surface area contributed by atoms with Gasteiger partial charge in [0.1, 0.15) is 5.82 Å². The summed E-state index contributed by atoms with van der Waals surface area (Å²) in [6.45, 7) is 5.74. The number of ether oxygens (including phenoxy) is 2. The molecule has 2 heterocycles. The number of aromatic amines is 1. The number of aromatic nitrogens is 2. The van der Waals surface area contributed by atoms with Crippen LogP contribution in [0.15, 0.2) is 45.5 Å². The molecular formula is C22H25N3O5S. The molecule has 2 N–H and O–H groups in total. The van der Waals surface area contributed by atoms with E-state index in [1.807, 2.05) is 6.92 Å². The Labute approximate surface area is 184 Å². The van der Waals surface area contributed by atoms with Gasteiger partial charge in [-0.1, -0.05) is 30.8 Å². The highest BCUT2D eigenvalue weighted by Crippen LogP contribution is 2.40. The Hall–Kier alpha value is -3.07. The Morgan fingerprint density at radius 1 is 1.16 bits per heavy atom. The molecule has 3 rings (SSSR count). The Kier molecular flexibility index (Phi) is 7.17. The summed E-state index contributed by atoms with van der Waals surface area (Å²) in [6.07, 6.45) is 0.944. The first kappa shape index (κ1) is 22.6. The third-order valence-corrected chi connectivity index (χ3v) is 5.90. The third kappa shape index (κ3) is 4.66. The summed E-state index contributed by atoms with van der Waals surface area (Å²) >= 11 is 1.46. The van der Waals surface area contributed by atoms with Gasteiger partial charge in [0, 0.05) is 11.4 Å². The number of rotatable bonds is 7. The van der Waals surface area contributed by atoms with E-state index in [0.717, 1.165) is 12.2 Å². The highest BCUT2D eigenvalue weighted by atomic mass is 32.2. The highest BCUT2D eigenvalue weighted by molar-refractivity contribution is 7.99. The molecule has 1 atom stereocenters. The number of esters is 2. The second kappa shape index (κ2) is 9.82. The number of nitrogens with one attached hydrogen (secondary N) is 2. The molecule has 2 aromatic rings. The maximum Gasteiger partial charge on any atom is 0.337 e. The number of methoxy groups -OCH3 is 1. The minimum absolute atomic E-state index is 0.206. The van der Waals surface area contributed by atoms with Crippen molar-refractivity contribution in [2.45, 2.75) is 38.3 Å². The molecule has 0 saturated carbocycles. The fourth-order valence-electron chi connectivity index (χ4n) is 3.44. The first-order valence-corrected chi connectivity index (χ1v) is 11.0. The average Bonchev–Trinajstić information content (AvgIpc) is 2.76. The summed E-state index contributed by atoms with van der Waals surface area (Å²) in [7, 11) is 1.31. The van der Waals surface area contributed by atoms with Gasteiger partial charge in [-0.3, -0.25) is 4.79 Å². The molecule has 0 fully saturated rings. The molecule has 9 heteroatoms. The number of fused-ring (bicyclic) bond motifs is 1. The summed E-state index contributed by atoms with van der Waals surface area (Å²) < 4.78 is 10.0. The van der Waals surface area contributed by atoms with Gasteiger partial charge in [0.05, 0.1) is 36.3 Å². The molecule has 164 valence electrons. The van der Waals surface area contributed by atoms with Crippen LogP contribution in [0, 0.1) is 0 Å². The minimum atomic E-state index is -0.691. The summed E-state index contributed by atoms with van der Waals surface area (Å²) in [6, 6.07) is 6.62. The van der Waals surface area contributed by atoms with Crippen LogP contribution in [0.3, 0.4) is 0 Å². The monoisotopic (exact) mass is 443 g/mol. The van der Waals surface area contributed by atoms with Gasteiger partial charge in [0.25, 0.3) is 5.56 Å². The second-order valence-electron chi connectivity index (χ2n) is 6.91. The van der Waals surface area contributed by atoms with E-state index < -0.39 is 17.9 Å². The first-order valence-electron chi connectivity index (χ1n) is 10.0. The quantitative estimate of drug-likeness (QED) is 0.380. The van der Waals surface area contributed by atoms with E-state index in [-0.39, 0.29) is 12.2 Å². The summed E-state index contributed by atoms with van der Waals surface area (Å²) in [5.41, 5.74) is 1.95. The topological polar surface area (TPSA) is 110 Å². The Bertz CT molecular complexity index is 1080. The number of nitrogens with zero attached hydrogens (tertiary/aromatic N) is 1. The molecular weight excluding hydrogens is 418 g/mol. The molecule has 0 radical (unpaired) electrons. The van der Waals surface area contributed by atoms with Gasteiger partial charge in [0.2, 0.25) is 0 Å². The van der Waals surface area contributed by atoms with Gasteiger partial charge in [-0.05, 0) is 38.0 Å². The predicted molar refractivity (Wildman–Crippen MR) is 118 cm³/mol. The molecule has 1 aliphatic heterocycles. The number of carbonyl (C=O) groups is 2. The summed E-state index contributed by atoms with van der Waals surface area (Å²) in [5.74, 6) is -0.433. The molecule has 1 aromatic carbocycles. The maximum atomic E-state index is 13.1.